The lowest BCUT2D eigenvalue weighted by atomic mass is 10.1. The van der Waals surface area contributed by atoms with E-state index in [1.165, 1.54) is 0 Å². The van der Waals surface area contributed by atoms with Gasteiger partial charge in [-0.25, -0.2) is 0 Å². The lowest BCUT2D eigenvalue weighted by Gasteiger charge is -2.28. The number of ether oxygens (including phenoxy) is 1. The van der Waals surface area contributed by atoms with Crippen molar-refractivity contribution < 1.29 is 14.3 Å². The van der Waals surface area contributed by atoms with Crippen LogP contribution in [-0.4, -0.2) is 41.2 Å². The number of carbonyl (C=O) groups is 2. The van der Waals surface area contributed by atoms with Crippen molar-refractivity contribution in [2.75, 3.05) is 13.6 Å². The molecule has 0 N–H and O–H groups in total. The predicted molar refractivity (Wildman–Crippen MR) is 107 cm³/mol. The third kappa shape index (κ3) is 4.19. The van der Waals surface area contributed by atoms with Crippen LogP contribution in [0, 0.1) is 5.92 Å². The molecule has 0 bridgehead atoms. The summed E-state index contributed by atoms with van der Waals surface area (Å²) in [6.07, 6.45) is 3.63. The highest BCUT2D eigenvalue weighted by Gasteiger charge is 2.41. The summed E-state index contributed by atoms with van der Waals surface area (Å²) in [6.45, 7) is 1.23. The molecule has 0 aromatic heterocycles. The van der Waals surface area contributed by atoms with E-state index in [1.807, 2.05) is 66.5 Å². The van der Waals surface area contributed by atoms with Gasteiger partial charge in [-0.05, 0) is 55.5 Å². The van der Waals surface area contributed by atoms with Gasteiger partial charge in [0, 0.05) is 26.1 Å². The molecule has 1 aliphatic heterocycles. The summed E-state index contributed by atoms with van der Waals surface area (Å²) < 4.78 is 5.81. The molecule has 1 saturated carbocycles. The number of benzene rings is 2. The minimum absolute atomic E-state index is 0.0381. The lowest BCUT2D eigenvalue weighted by molar-refractivity contribution is -0.144. The molecule has 2 fully saturated rings. The van der Waals surface area contributed by atoms with Crippen LogP contribution >= 0.6 is 0 Å². The molecule has 4 rings (SSSR count). The van der Waals surface area contributed by atoms with Crippen LogP contribution in [0.3, 0.4) is 0 Å². The van der Waals surface area contributed by atoms with Gasteiger partial charge in [0.1, 0.15) is 17.5 Å². The number of amides is 2. The molecule has 2 aromatic carbocycles. The van der Waals surface area contributed by atoms with E-state index < -0.39 is 0 Å². The molecule has 5 nitrogen and oxygen atoms in total. The number of likely N-dealkylation sites (N-methyl/N-ethyl adjacent to an activating group) is 1. The number of para-hydroxylation sites is 1. The standard InChI is InChI=1S/C23H26N2O3/c1-24(23(27)21-8-5-15-25(21)22(26)18-11-12-18)16-17-9-13-20(14-10-17)28-19-6-3-2-4-7-19/h2-4,6-7,9-10,13-14,18,21H,5,8,11-12,15-16H2,1H3/t21-/m0/s1. The first-order valence-electron chi connectivity index (χ1n) is 9.99. The van der Waals surface area contributed by atoms with E-state index in [0.29, 0.717) is 13.1 Å². The number of likely N-dealkylation sites (tertiary alicyclic amines) is 1. The lowest BCUT2D eigenvalue weighted by Crippen LogP contribution is -2.46. The van der Waals surface area contributed by atoms with Gasteiger partial charge in [-0.3, -0.25) is 9.59 Å². The van der Waals surface area contributed by atoms with E-state index in [2.05, 4.69) is 0 Å². The van der Waals surface area contributed by atoms with E-state index >= 15 is 0 Å². The highest BCUT2D eigenvalue weighted by atomic mass is 16.5. The Bertz CT molecular complexity index is 831. The van der Waals surface area contributed by atoms with Crippen molar-refractivity contribution in [3.8, 4) is 11.5 Å². The van der Waals surface area contributed by atoms with Crippen molar-refractivity contribution in [3.63, 3.8) is 0 Å². The maximum absolute atomic E-state index is 12.9. The van der Waals surface area contributed by atoms with Gasteiger partial charge in [0.2, 0.25) is 11.8 Å². The van der Waals surface area contributed by atoms with Crippen molar-refractivity contribution >= 4 is 11.8 Å². The molecule has 2 aliphatic rings. The van der Waals surface area contributed by atoms with E-state index in [-0.39, 0.29) is 23.8 Å². The highest BCUT2D eigenvalue weighted by Crippen LogP contribution is 2.34. The van der Waals surface area contributed by atoms with Crippen LogP contribution in [-0.2, 0) is 16.1 Å². The Labute approximate surface area is 165 Å². The summed E-state index contributed by atoms with van der Waals surface area (Å²) >= 11 is 0. The molecule has 1 heterocycles. The Balaban J connectivity index is 1.35. The fourth-order valence-corrected chi connectivity index (χ4v) is 3.75. The summed E-state index contributed by atoms with van der Waals surface area (Å²) in [4.78, 5) is 28.9. The van der Waals surface area contributed by atoms with Crippen LogP contribution in [0.5, 0.6) is 11.5 Å². The topological polar surface area (TPSA) is 49.9 Å². The molecule has 2 aromatic rings. The third-order valence-corrected chi connectivity index (χ3v) is 5.45. The molecule has 146 valence electrons. The molecule has 0 radical (unpaired) electrons. The molecule has 1 aliphatic carbocycles. The Morgan fingerprint density at radius 3 is 2.36 bits per heavy atom. The zero-order chi connectivity index (χ0) is 19.5. The quantitative estimate of drug-likeness (QED) is 0.767. The maximum atomic E-state index is 12.9. The number of hydrogen-bond acceptors (Lipinski definition) is 3. The number of hydrogen-bond donors (Lipinski definition) is 0. The SMILES string of the molecule is CN(Cc1ccc(Oc2ccccc2)cc1)C(=O)[C@@H]1CCCN1C(=O)C1CC1. The molecular weight excluding hydrogens is 352 g/mol. The van der Waals surface area contributed by atoms with Crippen LogP contribution < -0.4 is 4.74 Å². The second-order valence-corrected chi connectivity index (χ2v) is 7.72. The molecule has 1 saturated heterocycles. The van der Waals surface area contributed by atoms with E-state index in [1.54, 1.807) is 4.90 Å². The molecular formula is C23H26N2O3. The van der Waals surface area contributed by atoms with Gasteiger partial charge in [0.25, 0.3) is 0 Å². The monoisotopic (exact) mass is 378 g/mol. The van der Waals surface area contributed by atoms with Crippen molar-refractivity contribution in [1.29, 1.82) is 0 Å². The highest BCUT2D eigenvalue weighted by molar-refractivity contribution is 5.89. The van der Waals surface area contributed by atoms with Crippen LogP contribution in [0.25, 0.3) is 0 Å². The molecule has 28 heavy (non-hydrogen) atoms. The molecule has 0 unspecified atom stereocenters. The van der Waals surface area contributed by atoms with Gasteiger partial charge < -0.3 is 14.5 Å². The van der Waals surface area contributed by atoms with E-state index in [9.17, 15) is 9.59 Å². The Morgan fingerprint density at radius 2 is 1.68 bits per heavy atom. The van der Waals surface area contributed by atoms with Gasteiger partial charge >= 0.3 is 0 Å². The fourth-order valence-electron chi connectivity index (χ4n) is 3.75. The first-order valence-corrected chi connectivity index (χ1v) is 9.99. The summed E-state index contributed by atoms with van der Waals surface area (Å²) in [5.41, 5.74) is 1.04. The second kappa shape index (κ2) is 8.05. The molecule has 5 heteroatoms. The van der Waals surface area contributed by atoms with Crippen molar-refractivity contribution in [2.45, 2.75) is 38.3 Å². The number of nitrogens with zero attached hydrogens (tertiary/aromatic N) is 2. The van der Waals surface area contributed by atoms with Gasteiger partial charge in [-0.1, -0.05) is 30.3 Å². The average Bonchev–Trinajstić information content (AvgIpc) is 3.45. The summed E-state index contributed by atoms with van der Waals surface area (Å²) in [5.74, 6) is 1.93. The Morgan fingerprint density at radius 1 is 1.00 bits per heavy atom. The fraction of sp³-hybridized carbons (Fsp3) is 0.391. The zero-order valence-electron chi connectivity index (χ0n) is 16.2. The van der Waals surface area contributed by atoms with Crippen LogP contribution in [0.2, 0.25) is 0 Å². The molecule has 0 spiro atoms. The Hall–Kier alpha value is -2.82. The van der Waals surface area contributed by atoms with Gasteiger partial charge in [-0.2, -0.15) is 0 Å². The van der Waals surface area contributed by atoms with Crippen LogP contribution in [0.1, 0.15) is 31.2 Å². The van der Waals surface area contributed by atoms with Crippen LogP contribution in [0.4, 0.5) is 0 Å². The largest absolute Gasteiger partial charge is 0.457 e. The Kier molecular flexibility index (Phi) is 5.33. The minimum atomic E-state index is -0.293. The summed E-state index contributed by atoms with van der Waals surface area (Å²) in [7, 11) is 1.81. The maximum Gasteiger partial charge on any atom is 0.245 e. The van der Waals surface area contributed by atoms with Gasteiger partial charge in [0.05, 0.1) is 0 Å². The second-order valence-electron chi connectivity index (χ2n) is 7.72. The normalized spacial score (nSPS) is 18.8. The summed E-state index contributed by atoms with van der Waals surface area (Å²) in [6, 6.07) is 17.1. The van der Waals surface area contributed by atoms with E-state index in [0.717, 1.165) is 42.7 Å². The average molecular weight is 378 g/mol. The van der Waals surface area contributed by atoms with Gasteiger partial charge in [-0.15, -0.1) is 0 Å². The molecule has 2 amide bonds. The van der Waals surface area contributed by atoms with Gasteiger partial charge in [0.15, 0.2) is 0 Å². The van der Waals surface area contributed by atoms with Crippen molar-refractivity contribution in [2.24, 2.45) is 5.92 Å². The third-order valence-electron chi connectivity index (χ3n) is 5.45. The van der Waals surface area contributed by atoms with Crippen LogP contribution in [0.15, 0.2) is 54.6 Å². The predicted octanol–water partition coefficient (Wildman–Crippen LogP) is 3.84. The van der Waals surface area contributed by atoms with Crippen molar-refractivity contribution in [3.05, 3.63) is 60.2 Å². The van der Waals surface area contributed by atoms with Crippen molar-refractivity contribution in [1.82, 2.24) is 9.80 Å². The number of carbonyl (C=O) groups excluding carboxylic acids is 2. The number of rotatable bonds is 6. The minimum Gasteiger partial charge on any atom is -0.457 e. The van der Waals surface area contributed by atoms with E-state index in [4.69, 9.17) is 4.74 Å². The smallest absolute Gasteiger partial charge is 0.245 e. The first-order chi connectivity index (χ1) is 13.6. The zero-order valence-corrected chi connectivity index (χ0v) is 16.2. The first kappa shape index (κ1) is 18.5. The summed E-state index contributed by atoms with van der Waals surface area (Å²) in [5, 5.41) is 0. The molecule has 1 atom stereocenters.